The van der Waals surface area contributed by atoms with Crippen molar-refractivity contribution in [3.05, 3.63) is 23.8 Å². The van der Waals surface area contributed by atoms with Gasteiger partial charge in [0.15, 0.2) is 17.3 Å². The number of hydrogen-bond acceptors (Lipinski definition) is 5. The van der Waals surface area contributed by atoms with Gasteiger partial charge in [-0.05, 0) is 57.5 Å². The molecule has 2 aliphatic heterocycles. The molecule has 2 heterocycles. The first-order valence-corrected chi connectivity index (χ1v) is 10.0. The molecule has 2 aliphatic rings. The van der Waals surface area contributed by atoms with E-state index in [0.29, 0.717) is 36.8 Å². The van der Waals surface area contributed by atoms with E-state index >= 15 is 0 Å². The molecular formula is C21H30N2O4. The van der Waals surface area contributed by atoms with Crippen molar-refractivity contribution in [3.63, 3.8) is 0 Å². The monoisotopic (exact) mass is 374 g/mol. The summed E-state index contributed by atoms with van der Waals surface area (Å²) in [6.45, 7) is 7.18. The van der Waals surface area contributed by atoms with Crippen LogP contribution in [-0.2, 0) is 4.79 Å². The maximum absolute atomic E-state index is 12.8. The summed E-state index contributed by atoms with van der Waals surface area (Å²) < 4.78 is 11.1. The first kappa shape index (κ1) is 19.7. The quantitative estimate of drug-likeness (QED) is 0.743. The van der Waals surface area contributed by atoms with Gasteiger partial charge in [-0.2, -0.15) is 0 Å². The van der Waals surface area contributed by atoms with E-state index in [9.17, 15) is 9.59 Å². The number of carbonyl (C=O) groups excluding carboxylic acids is 2. The Morgan fingerprint density at radius 1 is 1.19 bits per heavy atom. The predicted octanol–water partition coefficient (Wildman–Crippen LogP) is 2.66. The summed E-state index contributed by atoms with van der Waals surface area (Å²) in [6.07, 6.45) is 3.63. The molecule has 148 valence electrons. The summed E-state index contributed by atoms with van der Waals surface area (Å²) in [5, 5.41) is 3.04. The highest BCUT2D eigenvalue weighted by molar-refractivity contribution is 5.98. The van der Waals surface area contributed by atoms with E-state index in [1.807, 2.05) is 19.1 Å². The molecule has 0 spiro atoms. The number of benzene rings is 1. The molecule has 1 aromatic rings. The molecule has 1 fully saturated rings. The lowest BCUT2D eigenvalue weighted by Gasteiger charge is -2.31. The molecule has 6 heteroatoms. The Morgan fingerprint density at radius 3 is 2.59 bits per heavy atom. The Morgan fingerprint density at radius 2 is 1.89 bits per heavy atom. The second-order valence-corrected chi connectivity index (χ2v) is 7.53. The van der Waals surface area contributed by atoms with Crippen LogP contribution in [0.3, 0.4) is 0 Å². The summed E-state index contributed by atoms with van der Waals surface area (Å²) >= 11 is 0. The van der Waals surface area contributed by atoms with Crippen LogP contribution in [0.25, 0.3) is 0 Å². The lowest BCUT2D eigenvalue weighted by molar-refractivity contribution is -0.123. The van der Waals surface area contributed by atoms with Crippen molar-refractivity contribution in [3.8, 4) is 11.5 Å². The number of Topliss-reactive ketones (excluding diaryl/α,β-unsaturated/α-hetero) is 1. The van der Waals surface area contributed by atoms with Crippen molar-refractivity contribution in [2.24, 2.45) is 5.92 Å². The summed E-state index contributed by atoms with van der Waals surface area (Å²) in [5.74, 6) is 1.60. The Bertz CT molecular complexity index is 668. The van der Waals surface area contributed by atoms with Crippen LogP contribution in [0.5, 0.6) is 11.5 Å². The van der Waals surface area contributed by atoms with Crippen LogP contribution in [0.2, 0.25) is 0 Å². The zero-order chi connectivity index (χ0) is 19.2. The van der Waals surface area contributed by atoms with Crippen molar-refractivity contribution < 1.29 is 19.1 Å². The number of hydrogen-bond donors (Lipinski definition) is 1. The number of nitrogens with one attached hydrogen (secondary N) is 1. The van der Waals surface area contributed by atoms with Gasteiger partial charge in [0.05, 0.1) is 6.54 Å². The normalized spacial score (nSPS) is 18.7. The highest BCUT2D eigenvalue weighted by atomic mass is 16.6. The third-order valence-electron chi connectivity index (χ3n) is 5.28. The van der Waals surface area contributed by atoms with E-state index in [2.05, 4.69) is 17.1 Å². The Hall–Kier alpha value is -2.08. The number of nitrogens with zero attached hydrogens (tertiary/aromatic N) is 1. The Labute approximate surface area is 161 Å². The third kappa shape index (κ3) is 5.22. The fourth-order valence-corrected chi connectivity index (χ4v) is 3.81. The average molecular weight is 374 g/mol. The second kappa shape index (κ2) is 9.22. The lowest BCUT2D eigenvalue weighted by atomic mass is 9.88. The summed E-state index contributed by atoms with van der Waals surface area (Å²) in [4.78, 5) is 27.1. The number of rotatable bonds is 7. The molecule has 0 aromatic heterocycles. The predicted molar refractivity (Wildman–Crippen MR) is 103 cm³/mol. The SMILES string of the molecule is CCCC(C)NC(=O)CN1CCC(C(=O)c2ccc3c(c2)OCCO3)CC1. The minimum atomic E-state index is 0.00545. The van der Waals surface area contributed by atoms with Crippen molar-refractivity contribution in [1.82, 2.24) is 10.2 Å². The molecular weight excluding hydrogens is 344 g/mol. The number of ether oxygens (including phenoxy) is 2. The fraction of sp³-hybridized carbons (Fsp3) is 0.619. The first-order valence-electron chi connectivity index (χ1n) is 10.0. The van der Waals surface area contributed by atoms with Gasteiger partial charge >= 0.3 is 0 Å². The molecule has 1 unspecified atom stereocenters. The molecule has 1 saturated heterocycles. The van der Waals surface area contributed by atoms with Crippen LogP contribution in [0.4, 0.5) is 0 Å². The number of ketones is 1. The van der Waals surface area contributed by atoms with Crippen LogP contribution in [0.1, 0.15) is 49.9 Å². The van der Waals surface area contributed by atoms with Crippen LogP contribution in [0, 0.1) is 5.92 Å². The van der Waals surface area contributed by atoms with Gasteiger partial charge in [-0.25, -0.2) is 0 Å². The number of amides is 1. The van der Waals surface area contributed by atoms with Gasteiger partial charge in [-0.1, -0.05) is 13.3 Å². The lowest BCUT2D eigenvalue weighted by Crippen LogP contribution is -2.44. The summed E-state index contributed by atoms with van der Waals surface area (Å²) in [6, 6.07) is 5.66. The van der Waals surface area contributed by atoms with Crippen molar-refractivity contribution in [1.29, 1.82) is 0 Å². The van der Waals surface area contributed by atoms with Crippen LogP contribution in [-0.4, -0.2) is 55.5 Å². The smallest absolute Gasteiger partial charge is 0.234 e. The van der Waals surface area contributed by atoms with Crippen LogP contribution >= 0.6 is 0 Å². The van der Waals surface area contributed by atoms with Gasteiger partial charge in [0.25, 0.3) is 0 Å². The van der Waals surface area contributed by atoms with Gasteiger partial charge in [-0.3, -0.25) is 14.5 Å². The molecule has 0 saturated carbocycles. The number of likely N-dealkylation sites (tertiary alicyclic amines) is 1. The van der Waals surface area contributed by atoms with E-state index in [-0.39, 0.29) is 23.7 Å². The largest absolute Gasteiger partial charge is 0.486 e. The van der Waals surface area contributed by atoms with Crippen LogP contribution in [0.15, 0.2) is 18.2 Å². The first-order chi connectivity index (χ1) is 13.1. The molecule has 0 aliphatic carbocycles. The van der Waals surface area contributed by atoms with Crippen molar-refractivity contribution in [2.45, 2.75) is 45.6 Å². The van der Waals surface area contributed by atoms with E-state index in [1.54, 1.807) is 6.07 Å². The van der Waals surface area contributed by atoms with Gasteiger partial charge in [0, 0.05) is 17.5 Å². The Balaban J connectivity index is 1.49. The molecule has 1 amide bonds. The third-order valence-corrected chi connectivity index (χ3v) is 5.28. The van der Waals surface area contributed by atoms with E-state index in [1.165, 1.54) is 0 Å². The molecule has 0 bridgehead atoms. The second-order valence-electron chi connectivity index (χ2n) is 7.53. The molecule has 6 nitrogen and oxygen atoms in total. The maximum Gasteiger partial charge on any atom is 0.234 e. The van der Waals surface area contributed by atoms with Crippen molar-refractivity contribution >= 4 is 11.7 Å². The molecule has 27 heavy (non-hydrogen) atoms. The van der Waals surface area contributed by atoms with Gasteiger partial charge < -0.3 is 14.8 Å². The topological polar surface area (TPSA) is 67.9 Å². The zero-order valence-corrected chi connectivity index (χ0v) is 16.3. The van der Waals surface area contributed by atoms with Crippen LogP contribution < -0.4 is 14.8 Å². The minimum absolute atomic E-state index is 0.00545. The molecule has 1 atom stereocenters. The van der Waals surface area contributed by atoms with Crippen molar-refractivity contribution in [2.75, 3.05) is 32.8 Å². The van der Waals surface area contributed by atoms with Gasteiger partial charge in [0.1, 0.15) is 13.2 Å². The summed E-state index contributed by atoms with van der Waals surface area (Å²) in [7, 11) is 0. The molecule has 3 rings (SSSR count). The molecule has 0 radical (unpaired) electrons. The molecule has 1 aromatic carbocycles. The van der Waals surface area contributed by atoms with E-state index in [4.69, 9.17) is 9.47 Å². The summed E-state index contributed by atoms with van der Waals surface area (Å²) in [5.41, 5.74) is 0.684. The Kier molecular flexibility index (Phi) is 6.72. The number of carbonyl (C=O) groups is 2. The molecule has 1 N–H and O–H groups in total. The van der Waals surface area contributed by atoms with E-state index in [0.717, 1.165) is 38.8 Å². The zero-order valence-electron chi connectivity index (χ0n) is 16.3. The average Bonchev–Trinajstić information content (AvgIpc) is 2.67. The number of piperidine rings is 1. The van der Waals surface area contributed by atoms with E-state index < -0.39 is 0 Å². The standard InChI is InChI=1S/C21H30N2O4/c1-3-4-15(2)22-20(24)14-23-9-7-16(8-10-23)21(25)17-5-6-18-19(13-17)27-12-11-26-18/h5-6,13,15-16H,3-4,7-12,14H2,1-2H3,(H,22,24). The minimum Gasteiger partial charge on any atom is -0.486 e. The highest BCUT2D eigenvalue weighted by Gasteiger charge is 2.27. The maximum atomic E-state index is 12.8. The van der Waals surface area contributed by atoms with Gasteiger partial charge in [0.2, 0.25) is 5.91 Å². The fourth-order valence-electron chi connectivity index (χ4n) is 3.81. The van der Waals surface area contributed by atoms with Gasteiger partial charge in [-0.15, -0.1) is 0 Å². The number of fused-ring (bicyclic) bond motifs is 1. The highest BCUT2D eigenvalue weighted by Crippen LogP contribution is 2.32.